The summed E-state index contributed by atoms with van der Waals surface area (Å²) in [4.78, 5) is 12.8. The van der Waals surface area contributed by atoms with E-state index in [0.717, 1.165) is 16.9 Å². The van der Waals surface area contributed by atoms with E-state index in [1.165, 1.54) is 5.56 Å². The first-order valence-corrected chi connectivity index (χ1v) is 9.48. The number of alkyl halides is 3. The van der Waals surface area contributed by atoms with Crippen LogP contribution in [0.15, 0.2) is 41.8 Å². The van der Waals surface area contributed by atoms with Crippen LogP contribution < -0.4 is 10.6 Å². The number of nitrogens with two attached hydrogens (primary N) is 1. The van der Waals surface area contributed by atoms with Crippen LogP contribution in [0.2, 0.25) is 0 Å². The lowest BCUT2D eigenvalue weighted by atomic mass is 9.95. The number of hydrogen-bond acceptors (Lipinski definition) is 2. The Labute approximate surface area is 155 Å². The van der Waals surface area contributed by atoms with Crippen molar-refractivity contribution in [1.82, 2.24) is 5.32 Å². The Hall–Kier alpha value is -1.86. The number of nitrogens with one attached hydrogen (secondary N) is 1. The predicted molar refractivity (Wildman–Crippen MR) is 97.2 cm³/mol. The van der Waals surface area contributed by atoms with Gasteiger partial charge in [0.05, 0.1) is 4.88 Å². The van der Waals surface area contributed by atoms with Crippen LogP contribution in [0.4, 0.5) is 13.2 Å². The normalized spacial score (nSPS) is 14.0. The number of hydrogen-bond donors (Lipinski definition) is 2. The Kier molecular flexibility index (Phi) is 7.23. The fourth-order valence-electron chi connectivity index (χ4n) is 2.65. The molecule has 142 valence electrons. The summed E-state index contributed by atoms with van der Waals surface area (Å²) >= 11 is 1.57. The third-order valence-electron chi connectivity index (χ3n) is 4.35. The summed E-state index contributed by atoms with van der Waals surface area (Å²) in [6.07, 6.45) is -3.34. The van der Waals surface area contributed by atoms with Gasteiger partial charge in [-0.1, -0.05) is 44.2 Å². The maximum atomic E-state index is 12.2. The molecule has 3 nitrogen and oxygen atoms in total. The molecule has 0 aliphatic carbocycles. The lowest BCUT2D eigenvalue weighted by Gasteiger charge is -2.16. The highest BCUT2D eigenvalue weighted by Crippen LogP contribution is 2.25. The Balaban J connectivity index is 2.06. The van der Waals surface area contributed by atoms with Crippen LogP contribution in [0.1, 0.15) is 48.2 Å². The highest BCUT2D eigenvalue weighted by atomic mass is 32.1. The van der Waals surface area contributed by atoms with Crippen LogP contribution in [-0.4, -0.2) is 25.2 Å². The molecule has 2 rings (SSSR count). The average Bonchev–Trinajstić information content (AvgIpc) is 3.14. The van der Waals surface area contributed by atoms with E-state index < -0.39 is 18.6 Å². The van der Waals surface area contributed by atoms with Gasteiger partial charge in [-0.2, -0.15) is 13.2 Å². The van der Waals surface area contributed by atoms with Crippen molar-refractivity contribution < 1.29 is 23.3 Å². The van der Waals surface area contributed by atoms with E-state index in [9.17, 15) is 18.0 Å². The zero-order chi connectivity index (χ0) is 19.2. The fourth-order valence-corrected chi connectivity index (χ4v) is 3.50. The van der Waals surface area contributed by atoms with Crippen molar-refractivity contribution in [2.24, 2.45) is 0 Å². The smallest absolute Gasteiger partial charge is 0.342 e. The molecule has 26 heavy (non-hydrogen) atoms. The SMILES string of the molecule is CC[C@H](C)c1ccc([C@H]([NH2+]CC(=O)NCC(F)(F)F)c2cccs2)cc1. The maximum absolute atomic E-state index is 12.2. The van der Waals surface area contributed by atoms with Crippen molar-refractivity contribution in [3.05, 3.63) is 57.8 Å². The summed E-state index contributed by atoms with van der Waals surface area (Å²) in [5, 5.41) is 5.64. The molecule has 0 saturated heterocycles. The van der Waals surface area contributed by atoms with Crippen LogP contribution in [0.25, 0.3) is 0 Å². The highest BCUT2D eigenvalue weighted by Gasteiger charge is 2.28. The van der Waals surface area contributed by atoms with E-state index in [4.69, 9.17) is 0 Å². The van der Waals surface area contributed by atoms with E-state index in [1.54, 1.807) is 16.7 Å². The van der Waals surface area contributed by atoms with Gasteiger partial charge in [0, 0.05) is 5.56 Å². The second-order valence-electron chi connectivity index (χ2n) is 6.30. The molecule has 0 aliphatic heterocycles. The number of carbonyl (C=O) groups is 1. The summed E-state index contributed by atoms with van der Waals surface area (Å²) < 4.78 is 36.6. The van der Waals surface area contributed by atoms with Gasteiger partial charge in [0.2, 0.25) is 0 Å². The standard InChI is InChI=1S/C19H23F3N2OS/c1-3-13(2)14-6-8-15(9-7-14)18(16-5-4-10-26-16)23-11-17(25)24-12-19(20,21)22/h4-10,13,18,23H,3,11-12H2,1-2H3,(H,24,25)/p+1/t13-,18-/m0/s1. The molecule has 0 bridgehead atoms. The van der Waals surface area contributed by atoms with Gasteiger partial charge < -0.3 is 10.6 Å². The quantitative estimate of drug-likeness (QED) is 0.717. The Morgan fingerprint density at radius 1 is 1.19 bits per heavy atom. The summed E-state index contributed by atoms with van der Waals surface area (Å²) in [5.74, 6) is -0.151. The first-order chi connectivity index (χ1) is 12.3. The molecule has 1 amide bonds. The molecule has 0 saturated carbocycles. The van der Waals surface area contributed by atoms with E-state index in [-0.39, 0.29) is 12.6 Å². The molecule has 1 aromatic heterocycles. The van der Waals surface area contributed by atoms with Gasteiger partial charge in [-0.05, 0) is 29.3 Å². The Morgan fingerprint density at radius 2 is 1.85 bits per heavy atom. The first-order valence-electron chi connectivity index (χ1n) is 8.60. The van der Waals surface area contributed by atoms with Gasteiger partial charge in [0.25, 0.3) is 5.91 Å². The molecule has 0 fully saturated rings. The first kappa shape index (κ1) is 20.5. The number of benzene rings is 1. The van der Waals surface area contributed by atoms with Crippen LogP contribution in [0.5, 0.6) is 0 Å². The van der Waals surface area contributed by atoms with Crippen molar-refractivity contribution in [2.75, 3.05) is 13.1 Å². The highest BCUT2D eigenvalue weighted by molar-refractivity contribution is 7.10. The molecule has 1 heterocycles. The molecule has 7 heteroatoms. The zero-order valence-electron chi connectivity index (χ0n) is 14.8. The second kappa shape index (κ2) is 9.19. The molecule has 0 spiro atoms. The van der Waals surface area contributed by atoms with Crippen LogP contribution in [0.3, 0.4) is 0 Å². The molecular formula is C19H24F3N2OS+. The molecule has 2 atom stereocenters. The van der Waals surface area contributed by atoms with Gasteiger partial charge in [-0.3, -0.25) is 4.79 Å². The number of carbonyl (C=O) groups excluding carboxylic acids is 1. The number of amides is 1. The summed E-state index contributed by atoms with van der Waals surface area (Å²) in [5.41, 5.74) is 2.28. The lowest BCUT2D eigenvalue weighted by Crippen LogP contribution is -2.87. The number of rotatable bonds is 8. The van der Waals surface area contributed by atoms with Gasteiger partial charge in [-0.25, -0.2) is 0 Å². The van der Waals surface area contributed by atoms with E-state index in [1.807, 2.05) is 35.0 Å². The van der Waals surface area contributed by atoms with Crippen LogP contribution in [-0.2, 0) is 4.79 Å². The fraction of sp³-hybridized carbons (Fsp3) is 0.421. The zero-order valence-corrected chi connectivity index (χ0v) is 15.7. The molecule has 0 aliphatic rings. The van der Waals surface area contributed by atoms with E-state index in [2.05, 4.69) is 26.0 Å². The monoisotopic (exact) mass is 385 g/mol. The van der Waals surface area contributed by atoms with Gasteiger partial charge >= 0.3 is 6.18 Å². The van der Waals surface area contributed by atoms with Crippen LogP contribution >= 0.6 is 11.3 Å². The molecular weight excluding hydrogens is 361 g/mol. The number of quaternary nitrogens is 1. The summed E-state index contributed by atoms with van der Waals surface area (Å²) in [6.45, 7) is 2.95. The second-order valence-corrected chi connectivity index (χ2v) is 7.28. The Bertz CT molecular complexity index is 684. The van der Waals surface area contributed by atoms with E-state index in [0.29, 0.717) is 5.92 Å². The third kappa shape index (κ3) is 6.14. The molecule has 3 N–H and O–H groups in total. The summed E-state index contributed by atoms with van der Waals surface area (Å²) in [6, 6.07) is 12.0. The molecule has 2 aromatic rings. The van der Waals surface area contributed by atoms with Crippen molar-refractivity contribution in [2.45, 2.75) is 38.4 Å². The van der Waals surface area contributed by atoms with Crippen molar-refractivity contribution in [3.63, 3.8) is 0 Å². The minimum absolute atomic E-state index is 0.0637. The van der Waals surface area contributed by atoms with Crippen molar-refractivity contribution in [3.8, 4) is 0 Å². The minimum Gasteiger partial charge on any atom is -0.342 e. The number of halogens is 3. The maximum Gasteiger partial charge on any atom is 0.405 e. The average molecular weight is 385 g/mol. The largest absolute Gasteiger partial charge is 0.405 e. The van der Waals surface area contributed by atoms with Gasteiger partial charge in [0.15, 0.2) is 6.54 Å². The Morgan fingerprint density at radius 3 is 2.38 bits per heavy atom. The number of thiophene rings is 1. The topological polar surface area (TPSA) is 45.7 Å². The minimum atomic E-state index is -4.39. The van der Waals surface area contributed by atoms with Gasteiger partial charge in [-0.15, -0.1) is 11.3 Å². The van der Waals surface area contributed by atoms with Crippen molar-refractivity contribution in [1.29, 1.82) is 0 Å². The van der Waals surface area contributed by atoms with Gasteiger partial charge in [0.1, 0.15) is 12.6 Å². The summed E-state index contributed by atoms with van der Waals surface area (Å²) in [7, 11) is 0. The van der Waals surface area contributed by atoms with Crippen LogP contribution in [0, 0.1) is 0 Å². The molecule has 0 unspecified atom stereocenters. The van der Waals surface area contributed by atoms with Crippen molar-refractivity contribution >= 4 is 17.2 Å². The third-order valence-corrected chi connectivity index (χ3v) is 5.31. The predicted octanol–water partition coefficient (Wildman–Crippen LogP) is 3.59. The molecule has 0 radical (unpaired) electrons. The van der Waals surface area contributed by atoms with E-state index >= 15 is 0 Å². The molecule has 1 aromatic carbocycles. The lowest BCUT2D eigenvalue weighted by molar-refractivity contribution is -0.676.